The van der Waals surface area contributed by atoms with Crippen LogP contribution in [0.4, 0.5) is 3.89 Å². The molecule has 0 aliphatic rings. The van der Waals surface area contributed by atoms with Crippen LogP contribution in [0.5, 0.6) is 0 Å². The maximum Gasteiger partial charge on any atom is 0.129 e. The highest BCUT2D eigenvalue weighted by Gasteiger charge is 1.88. The van der Waals surface area contributed by atoms with Crippen LogP contribution in [0.15, 0.2) is 41.4 Å². The molecule has 1 nitrogen and oxygen atoms in total. The Morgan fingerprint density at radius 3 is 2.50 bits per heavy atom. The van der Waals surface area contributed by atoms with Gasteiger partial charge in [-0.1, -0.05) is 25.3 Å². The van der Waals surface area contributed by atoms with Gasteiger partial charge >= 0.3 is 0 Å². The van der Waals surface area contributed by atoms with Gasteiger partial charge in [0.05, 0.1) is 0 Å². The maximum atomic E-state index is 11.8. The Kier molecular flexibility index (Phi) is 5.77. The SMILES string of the molecule is C=CC=N/C(=C\C=C)SF. The second kappa shape index (κ2) is 6.29. The normalized spacial score (nSPS) is 11.9. The molecule has 0 rings (SSSR count). The smallest absolute Gasteiger partial charge is 0.129 e. The number of rotatable bonds is 4. The molecule has 0 aromatic heterocycles. The van der Waals surface area contributed by atoms with Gasteiger partial charge in [-0.15, -0.1) is 0 Å². The standard InChI is InChI=1S/C7H8FNS/c1-3-5-7(10-8)9-6-4-2/h3-6H,1-2H2/b7-5+,9-6?. The summed E-state index contributed by atoms with van der Waals surface area (Å²) in [7, 11) is 0. The minimum Gasteiger partial charge on any atom is -0.247 e. The highest BCUT2D eigenvalue weighted by molar-refractivity contribution is 7.98. The third-order valence-corrected chi connectivity index (χ3v) is 1.05. The zero-order valence-electron chi connectivity index (χ0n) is 5.46. The largest absolute Gasteiger partial charge is 0.247 e. The number of hydrogen-bond acceptors (Lipinski definition) is 2. The van der Waals surface area contributed by atoms with Gasteiger partial charge in [-0.05, 0) is 6.08 Å². The molecule has 0 spiro atoms. The topological polar surface area (TPSA) is 12.4 Å². The van der Waals surface area contributed by atoms with E-state index in [4.69, 9.17) is 0 Å². The molecule has 10 heavy (non-hydrogen) atoms. The van der Waals surface area contributed by atoms with Gasteiger partial charge in [0, 0.05) is 6.21 Å². The second-order valence-corrected chi connectivity index (χ2v) is 1.90. The highest BCUT2D eigenvalue weighted by Crippen LogP contribution is 2.16. The van der Waals surface area contributed by atoms with Gasteiger partial charge in [-0.2, -0.15) is 3.89 Å². The molecule has 0 fully saturated rings. The summed E-state index contributed by atoms with van der Waals surface area (Å²) in [6.45, 7) is 6.79. The molecule has 0 aromatic rings. The molecule has 3 heteroatoms. The summed E-state index contributed by atoms with van der Waals surface area (Å²) < 4.78 is 11.8. The van der Waals surface area contributed by atoms with Crippen LogP contribution < -0.4 is 0 Å². The molecule has 0 unspecified atom stereocenters. The minimum absolute atomic E-state index is 0.0786. The number of nitrogens with zero attached hydrogens (tertiary/aromatic N) is 1. The van der Waals surface area contributed by atoms with Gasteiger partial charge in [-0.25, -0.2) is 4.99 Å². The Labute approximate surface area is 64.3 Å². The van der Waals surface area contributed by atoms with Gasteiger partial charge in [0.2, 0.25) is 0 Å². The van der Waals surface area contributed by atoms with Crippen LogP contribution >= 0.6 is 12.1 Å². The molecule has 54 valence electrons. The lowest BCUT2D eigenvalue weighted by molar-refractivity contribution is 0.942. The van der Waals surface area contributed by atoms with E-state index in [9.17, 15) is 3.89 Å². The summed E-state index contributed by atoms with van der Waals surface area (Å²) >= 11 is 0.0786. The van der Waals surface area contributed by atoms with Crippen LogP contribution in [0.1, 0.15) is 0 Å². The van der Waals surface area contributed by atoms with E-state index in [0.717, 1.165) is 0 Å². The van der Waals surface area contributed by atoms with E-state index < -0.39 is 0 Å². The third kappa shape index (κ3) is 4.09. The first-order chi connectivity index (χ1) is 4.85. The Hall–Kier alpha value is -0.830. The summed E-state index contributed by atoms with van der Waals surface area (Å²) in [5.74, 6) is 0. The van der Waals surface area contributed by atoms with Crippen molar-refractivity contribution in [2.45, 2.75) is 0 Å². The molecule has 0 amide bonds. The molecule has 0 heterocycles. The maximum absolute atomic E-state index is 11.8. The summed E-state index contributed by atoms with van der Waals surface area (Å²) in [6, 6.07) is 0. The molecular weight excluding hydrogens is 149 g/mol. The first-order valence-electron chi connectivity index (χ1n) is 2.61. The molecule has 0 atom stereocenters. The van der Waals surface area contributed by atoms with E-state index in [2.05, 4.69) is 18.2 Å². The van der Waals surface area contributed by atoms with Crippen molar-refractivity contribution in [2.75, 3.05) is 0 Å². The number of aliphatic imine (C=N–C) groups is 1. The zero-order valence-corrected chi connectivity index (χ0v) is 6.27. The molecule has 0 saturated carbocycles. The summed E-state index contributed by atoms with van der Waals surface area (Å²) in [5, 5.41) is 0.273. The zero-order chi connectivity index (χ0) is 7.82. The number of allylic oxidation sites excluding steroid dienone is 3. The van der Waals surface area contributed by atoms with Crippen LogP contribution in [-0.2, 0) is 0 Å². The van der Waals surface area contributed by atoms with E-state index >= 15 is 0 Å². The van der Waals surface area contributed by atoms with Crippen LogP contribution in [0.2, 0.25) is 0 Å². The molecule has 0 saturated heterocycles. The monoisotopic (exact) mass is 157 g/mol. The molecule has 0 aromatic carbocycles. The second-order valence-electron chi connectivity index (χ2n) is 1.33. The van der Waals surface area contributed by atoms with Crippen molar-refractivity contribution in [3.05, 3.63) is 36.4 Å². The third-order valence-electron chi connectivity index (χ3n) is 0.647. The van der Waals surface area contributed by atoms with Crippen molar-refractivity contribution in [1.82, 2.24) is 0 Å². The lowest BCUT2D eigenvalue weighted by atomic mass is 10.6. The first kappa shape index (κ1) is 9.17. The Bertz CT molecular complexity index is 172. The van der Waals surface area contributed by atoms with Crippen molar-refractivity contribution < 1.29 is 3.89 Å². The van der Waals surface area contributed by atoms with E-state index in [-0.39, 0.29) is 17.2 Å². The van der Waals surface area contributed by atoms with Gasteiger partial charge < -0.3 is 0 Å². The fourth-order valence-corrected chi connectivity index (χ4v) is 0.564. The van der Waals surface area contributed by atoms with Crippen molar-refractivity contribution in [3.63, 3.8) is 0 Å². The van der Waals surface area contributed by atoms with Crippen LogP contribution in [0, 0.1) is 0 Å². The molecule has 0 aliphatic heterocycles. The highest BCUT2D eigenvalue weighted by atomic mass is 32.2. The average molecular weight is 157 g/mol. The first-order valence-corrected chi connectivity index (χ1v) is 3.33. The Morgan fingerprint density at radius 1 is 1.40 bits per heavy atom. The van der Waals surface area contributed by atoms with Gasteiger partial charge in [0.15, 0.2) is 0 Å². The van der Waals surface area contributed by atoms with Crippen LogP contribution in [0.3, 0.4) is 0 Å². The van der Waals surface area contributed by atoms with Crippen LogP contribution in [-0.4, -0.2) is 6.21 Å². The fraction of sp³-hybridized carbons (Fsp3) is 0. The van der Waals surface area contributed by atoms with Crippen molar-refractivity contribution >= 4 is 18.4 Å². The summed E-state index contributed by atoms with van der Waals surface area (Å²) in [6.07, 6.45) is 5.85. The predicted octanol–water partition coefficient (Wildman–Crippen LogP) is 2.89. The van der Waals surface area contributed by atoms with Gasteiger partial charge in [0.25, 0.3) is 0 Å². The van der Waals surface area contributed by atoms with E-state index in [1.54, 1.807) is 0 Å². The van der Waals surface area contributed by atoms with Gasteiger partial charge in [-0.3, -0.25) is 0 Å². The summed E-state index contributed by atoms with van der Waals surface area (Å²) in [5.41, 5.74) is 0. The minimum atomic E-state index is 0.0786. The fourth-order valence-electron chi connectivity index (χ4n) is 0.316. The molecular formula is C7H8FNS. The number of halogens is 1. The molecule has 0 aliphatic carbocycles. The van der Waals surface area contributed by atoms with Gasteiger partial charge in [0.1, 0.15) is 17.2 Å². The quantitative estimate of drug-likeness (QED) is 0.451. The Balaban J connectivity index is 4.06. The summed E-state index contributed by atoms with van der Waals surface area (Å²) in [4.78, 5) is 3.69. The van der Waals surface area contributed by atoms with E-state index in [0.29, 0.717) is 0 Å². The Morgan fingerprint density at radius 2 is 2.10 bits per heavy atom. The van der Waals surface area contributed by atoms with E-state index in [1.807, 2.05) is 0 Å². The van der Waals surface area contributed by atoms with Crippen molar-refractivity contribution in [3.8, 4) is 0 Å². The lowest BCUT2D eigenvalue weighted by Gasteiger charge is -1.86. The van der Waals surface area contributed by atoms with Crippen molar-refractivity contribution in [2.24, 2.45) is 4.99 Å². The van der Waals surface area contributed by atoms with E-state index in [1.165, 1.54) is 24.4 Å². The molecule has 0 N–H and O–H groups in total. The van der Waals surface area contributed by atoms with Crippen LogP contribution in [0.25, 0.3) is 0 Å². The van der Waals surface area contributed by atoms with Crippen molar-refractivity contribution in [1.29, 1.82) is 0 Å². The number of hydrogen-bond donors (Lipinski definition) is 0. The molecule has 0 radical (unpaired) electrons. The average Bonchev–Trinajstić information content (AvgIpc) is 1.98. The lowest BCUT2D eigenvalue weighted by Crippen LogP contribution is -1.67. The predicted molar refractivity (Wildman–Crippen MR) is 45.7 cm³/mol. The molecule has 0 bridgehead atoms.